The van der Waals surface area contributed by atoms with Crippen molar-refractivity contribution in [2.75, 3.05) is 31.1 Å². The molecule has 0 spiro atoms. The first kappa shape index (κ1) is 14.7. The van der Waals surface area contributed by atoms with Gasteiger partial charge in [0.05, 0.1) is 0 Å². The minimum atomic E-state index is 0.734. The summed E-state index contributed by atoms with van der Waals surface area (Å²) in [5.41, 5.74) is 2.66. The van der Waals surface area contributed by atoms with E-state index in [4.69, 9.17) is 11.6 Å². The van der Waals surface area contributed by atoms with Gasteiger partial charge in [-0.05, 0) is 50.0 Å². The van der Waals surface area contributed by atoms with Crippen molar-refractivity contribution < 1.29 is 0 Å². The van der Waals surface area contributed by atoms with Crippen LogP contribution in [-0.2, 0) is 5.33 Å². The first-order valence-electron chi connectivity index (χ1n) is 7.61. The van der Waals surface area contributed by atoms with Crippen LogP contribution in [0.4, 0.5) is 5.69 Å². The van der Waals surface area contributed by atoms with Crippen molar-refractivity contribution in [2.45, 2.75) is 37.1 Å². The summed E-state index contributed by atoms with van der Waals surface area (Å²) in [6, 6.07) is 6.98. The summed E-state index contributed by atoms with van der Waals surface area (Å²) in [7, 11) is 0. The lowest BCUT2D eigenvalue weighted by Crippen LogP contribution is -2.40. The number of hydrogen-bond acceptors (Lipinski definition) is 2. The molecule has 3 rings (SSSR count). The third-order valence-corrected chi connectivity index (χ3v) is 5.44. The predicted octanol–water partition coefficient (Wildman–Crippen LogP) is 4.30. The standard InChI is InChI=1S/C16H22BrClN2/c17-11-13-4-5-14(18)10-16(13)20-9-6-15(12-20)19-7-2-1-3-8-19/h4-5,10,15H,1-3,6-9,11-12H2. The number of anilines is 1. The molecule has 0 N–H and O–H groups in total. The van der Waals surface area contributed by atoms with Gasteiger partial charge in [0.15, 0.2) is 0 Å². The summed E-state index contributed by atoms with van der Waals surface area (Å²) < 4.78 is 0. The molecule has 110 valence electrons. The number of nitrogens with zero attached hydrogens (tertiary/aromatic N) is 2. The highest BCUT2D eigenvalue weighted by molar-refractivity contribution is 9.08. The molecule has 0 amide bonds. The zero-order valence-corrected chi connectivity index (χ0v) is 14.2. The van der Waals surface area contributed by atoms with Crippen LogP contribution in [0.25, 0.3) is 0 Å². The van der Waals surface area contributed by atoms with Gasteiger partial charge in [-0.25, -0.2) is 0 Å². The van der Waals surface area contributed by atoms with Gasteiger partial charge in [-0.3, -0.25) is 4.90 Å². The maximum absolute atomic E-state index is 6.18. The van der Waals surface area contributed by atoms with E-state index in [0.29, 0.717) is 0 Å². The quantitative estimate of drug-likeness (QED) is 0.744. The van der Waals surface area contributed by atoms with Crippen LogP contribution in [0.3, 0.4) is 0 Å². The highest BCUT2D eigenvalue weighted by Crippen LogP contribution is 2.31. The molecule has 1 atom stereocenters. The first-order chi connectivity index (χ1) is 9.78. The molecular weight excluding hydrogens is 336 g/mol. The molecule has 20 heavy (non-hydrogen) atoms. The molecule has 2 aliphatic rings. The Morgan fingerprint density at radius 3 is 2.70 bits per heavy atom. The van der Waals surface area contributed by atoms with Gasteiger partial charge < -0.3 is 4.90 Å². The van der Waals surface area contributed by atoms with E-state index < -0.39 is 0 Å². The van der Waals surface area contributed by atoms with Crippen LogP contribution >= 0.6 is 27.5 Å². The maximum Gasteiger partial charge on any atom is 0.0426 e. The van der Waals surface area contributed by atoms with Crippen LogP contribution < -0.4 is 4.90 Å². The molecule has 0 radical (unpaired) electrons. The Bertz CT molecular complexity index is 460. The Labute approximate surface area is 135 Å². The molecule has 2 saturated heterocycles. The molecule has 4 heteroatoms. The van der Waals surface area contributed by atoms with Crippen LogP contribution in [0.1, 0.15) is 31.2 Å². The molecular formula is C16H22BrClN2. The lowest BCUT2D eigenvalue weighted by atomic mass is 10.1. The highest BCUT2D eigenvalue weighted by atomic mass is 79.9. The minimum absolute atomic E-state index is 0.734. The predicted molar refractivity (Wildman–Crippen MR) is 90.1 cm³/mol. The lowest BCUT2D eigenvalue weighted by Gasteiger charge is -2.32. The van der Waals surface area contributed by atoms with Crippen molar-refractivity contribution in [1.29, 1.82) is 0 Å². The van der Waals surface area contributed by atoms with Crippen LogP contribution in [0.15, 0.2) is 18.2 Å². The summed E-state index contributed by atoms with van der Waals surface area (Å²) in [6.45, 7) is 4.89. The Balaban J connectivity index is 1.71. The van der Waals surface area contributed by atoms with Crippen molar-refractivity contribution in [3.8, 4) is 0 Å². The second kappa shape index (κ2) is 6.67. The topological polar surface area (TPSA) is 6.48 Å². The maximum atomic E-state index is 6.18. The Kier molecular flexibility index (Phi) is 4.90. The summed E-state index contributed by atoms with van der Waals surface area (Å²) in [4.78, 5) is 5.21. The van der Waals surface area contributed by atoms with Gasteiger partial charge in [-0.1, -0.05) is 40.0 Å². The van der Waals surface area contributed by atoms with Gasteiger partial charge >= 0.3 is 0 Å². The zero-order chi connectivity index (χ0) is 13.9. The molecule has 0 saturated carbocycles. The van der Waals surface area contributed by atoms with Crippen LogP contribution in [-0.4, -0.2) is 37.1 Å². The van der Waals surface area contributed by atoms with E-state index in [1.165, 1.54) is 50.0 Å². The molecule has 0 bridgehead atoms. The van der Waals surface area contributed by atoms with Gasteiger partial charge in [-0.15, -0.1) is 0 Å². The van der Waals surface area contributed by atoms with Gasteiger partial charge in [0.1, 0.15) is 0 Å². The lowest BCUT2D eigenvalue weighted by molar-refractivity contribution is 0.175. The Morgan fingerprint density at radius 1 is 1.15 bits per heavy atom. The summed E-state index contributed by atoms with van der Waals surface area (Å²) in [5, 5.41) is 1.73. The van der Waals surface area contributed by atoms with E-state index in [9.17, 15) is 0 Å². The van der Waals surface area contributed by atoms with E-state index >= 15 is 0 Å². The molecule has 1 unspecified atom stereocenters. The van der Waals surface area contributed by atoms with Crippen molar-refractivity contribution in [1.82, 2.24) is 4.90 Å². The fourth-order valence-electron chi connectivity index (χ4n) is 3.49. The molecule has 1 aromatic carbocycles. The van der Waals surface area contributed by atoms with E-state index in [1.807, 2.05) is 6.07 Å². The van der Waals surface area contributed by atoms with Gasteiger partial charge in [0.25, 0.3) is 0 Å². The number of halogens is 2. The number of benzene rings is 1. The van der Waals surface area contributed by atoms with Crippen molar-refractivity contribution in [3.63, 3.8) is 0 Å². The van der Waals surface area contributed by atoms with Gasteiger partial charge in [-0.2, -0.15) is 0 Å². The minimum Gasteiger partial charge on any atom is -0.370 e. The molecule has 2 aliphatic heterocycles. The number of piperidine rings is 1. The fourth-order valence-corrected chi connectivity index (χ4v) is 4.13. The number of likely N-dealkylation sites (tertiary alicyclic amines) is 1. The monoisotopic (exact) mass is 356 g/mol. The summed E-state index contributed by atoms with van der Waals surface area (Å²) in [6.07, 6.45) is 5.45. The summed E-state index contributed by atoms with van der Waals surface area (Å²) >= 11 is 9.78. The van der Waals surface area contributed by atoms with E-state index in [1.54, 1.807) is 0 Å². The molecule has 0 aromatic heterocycles. The molecule has 2 nitrogen and oxygen atoms in total. The third kappa shape index (κ3) is 3.15. The average molecular weight is 358 g/mol. The summed E-state index contributed by atoms with van der Waals surface area (Å²) in [5.74, 6) is 0. The normalized spacial score (nSPS) is 24.3. The molecule has 0 aliphatic carbocycles. The van der Waals surface area contributed by atoms with E-state index in [-0.39, 0.29) is 0 Å². The Hall–Kier alpha value is -0.250. The van der Waals surface area contributed by atoms with Crippen molar-refractivity contribution in [3.05, 3.63) is 28.8 Å². The molecule has 2 fully saturated rings. The van der Waals surface area contributed by atoms with Crippen LogP contribution in [0.5, 0.6) is 0 Å². The number of alkyl halides is 1. The molecule has 1 aromatic rings. The first-order valence-corrected chi connectivity index (χ1v) is 9.11. The zero-order valence-electron chi connectivity index (χ0n) is 11.8. The largest absolute Gasteiger partial charge is 0.370 e. The van der Waals surface area contributed by atoms with Crippen molar-refractivity contribution in [2.24, 2.45) is 0 Å². The second-order valence-corrected chi connectivity index (χ2v) is 6.89. The van der Waals surface area contributed by atoms with Crippen molar-refractivity contribution >= 4 is 33.2 Å². The van der Waals surface area contributed by atoms with Gasteiger partial charge in [0, 0.05) is 35.2 Å². The van der Waals surface area contributed by atoms with E-state index in [2.05, 4.69) is 37.9 Å². The van der Waals surface area contributed by atoms with E-state index in [0.717, 1.165) is 29.5 Å². The number of hydrogen-bond donors (Lipinski definition) is 0. The highest BCUT2D eigenvalue weighted by Gasteiger charge is 2.29. The average Bonchev–Trinajstić information content (AvgIpc) is 2.98. The molecule has 2 heterocycles. The van der Waals surface area contributed by atoms with Crippen LogP contribution in [0.2, 0.25) is 5.02 Å². The Morgan fingerprint density at radius 2 is 1.95 bits per heavy atom. The fraction of sp³-hybridized carbons (Fsp3) is 0.625. The number of rotatable bonds is 3. The second-order valence-electron chi connectivity index (χ2n) is 5.89. The third-order valence-electron chi connectivity index (χ3n) is 4.60. The SMILES string of the molecule is Clc1ccc(CBr)c(N2CCC(N3CCCCC3)C2)c1. The smallest absolute Gasteiger partial charge is 0.0426 e. The van der Waals surface area contributed by atoms with Gasteiger partial charge in [0.2, 0.25) is 0 Å². The van der Waals surface area contributed by atoms with Crippen LogP contribution in [0, 0.1) is 0 Å².